The number of nitrogens with zero attached hydrogens (tertiary/aromatic N) is 4. The summed E-state index contributed by atoms with van der Waals surface area (Å²) in [5.74, 6) is 0.330. The number of aromatic nitrogens is 2. The number of aliphatic imine (C=N–C) groups is 1. The zero-order valence-electron chi connectivity index (χ0n) is 14.8. The third-order valence-corrected chi connectivity index (χ3v) is 5.57. The van der Waals surface area contributed by atoms with Crippen LogP contribution in [-0.2, 0) is 10.0 Å². The fourth-order valence-electron chi connectivity index (χ4n) is 2.34. The van der Waals surface area contributed by atoms with Gasteiger partial charge in [-0.15, -0.1) is 0 Å². The number of nitrogens with one attached hydrogen (secondary N) is 2. The lowest BCUT2D eigenvalue weighted by atomic mass is 10.3. The van der Waals surface area contributed by atoms with Crippen molar-refractivity contribution in [2.75, 3.05) is 11.0 Å². The fourth-order valence-corrected chi connectivity index (χ4v) is 3.73. The van der Waals surface area contributed by atoms with Crippen molar-refractivity contribution in [3.05, 3.63) is 66.9 Å². The smallest absolute Gasteiger partial charge is 0.263 e. The Hall–Kier alpha value is -3.29. The number of sulfonamides is 1. The van der Waals surface area contributed by atoms with Gasteiger partial charge < -0.3 is 0 Å². The molecule has 0 saturated heterocycles. The first-order valence-electron chi connectivity index (χ1n) is 8.03. The lowest BCUT2D eigenvalue weighted by molar-refractivity contribution is 0.600. The molecule has 1 heterocycles. The van der Waals surface area contributed by atoms with Crippen molar-refractivity contribution in [2.45, 2.75) is 4.90 Å². The van der Waals surface area contributed by atoms with Gasteiger partial charge in [0, 0.05) is 6.07 Å². The largest absolute Gasteiger partial charge is 0.271 e. The summed E-state index contributed by atoms with van der Waals surface area (Å²) in [5.41, 5.74) is 1.27. The summed E-state index contributed by atoms with van der Waals surface area (Å²) in [7, 11) is -3.81. The molecule has 0 saturated carbocycles. The van der Waals surface area contributed by atoms with Crippen molar-refractivity contribution in [3.8, 4) is 11.9 Å². The Morgan fingerprint density at radius 3 is 2.50 bits per heavy atom. The number of benzene rings is 2. The Bertz CT molecular complexity index is 1120. The first kappa shape index (κ1) is 19.5. The highest BCUT2D eigenvalue weighted by molar-refractivity contribution is 8.13. The van der Waals surface area contributed by atoms with Gasteiger partial charge in [0.05, 0.1) is 22.5 Å². The van der Waals surface area contributed by atoms with E-state index < -0.39 is 10.0 Å². The lowest BCUT2D eigenvalue weighted by Crippen LogP contribution is -2.16. The minimum absolute atomic E-state index is 0.0891. The molecule has 8 nitrogen and oxygen atoms in total. The van der Waals surface area contributed by atoms with Gasteiger partial charge in [-0.05, 0) is 42.7 Å². The second-order valence-corrected chi connectivity index (χ2v) is 7.90. The van der Waals surface area contributed by atoms with Gasteiger partial charge in [0.1, 0.15) is 5.82 Å². The predicted octanol–water partition coefficient (Wildman–Crippen LogP) is 3.09. The van der Waals surface area contributed by atoms with E-state index >= 15 is 0 Å². The second kappa shape index (κ2) is 8.60. The minimum Gasteiger partial charge on any atom is -0.271 e. The maximum Gasteiger partial charge on any atom is 0.263 e. The van der Waals surface area contributed by atoms with Gasteiger partial charge in [-0.25, -0.2) is 18.1 Å². The highest BCUT2D eigenvalue weighted by atomic mass is 32.2. The zero-order valence-corrected chi connectivity index (χ0v) is 16.4. The van der Waals surface area contributed by atoms with E-state index in [4.69, 9.17) is 5.26 Å². The topological polar surface area (TPSA) is 112 Å². The van der Waals surface area contributed by atoms with Crippen LogP contribution < -0.4 is 10.0 Å². The van der Waals surface area contributed by atoms with Crippen LogP contribution in [0.2, 0.25) is 0 Å². The van der Waals surface area contributed by atoms with Crippen molar-refractivity contribution in [2.24, 2.45) is 4.99 Å². The maximum atomic E-state index is 12.7. The van der Waals surface area contributed by atoms with E-state index in [1.54, 1.807) is 30.6 Å². The van der Waals surface area contributed by atoms with Crippen LogP contribution in [0.25, 0.3) is 5.69 Å². The molecular formula is C18H16N6O2S2. The normalized spacial score (nSPS) is 11.6. The average molecular weight is 413 g/mol. The molecule has 0 unspecified atom stereocenters. The number of hydrogen-bond acceptors (Lipinski definition) is 6. The third kappa shape index (κ3) is 4.51. The van der Waals surface area contributed by atoms with E-state index in [0.717, 1.165) is 5.69 Å². The number of para-hydroxylation sites is 1. The van der Waals surface area contributed by atoms with E-state index in [-0.39, 0.29) is 4.90 Å². The summed E-state index contributed by atoms with van der Waals surface area (Å²) >= 11 is 1.28. The molecule has 28 heavy (non-hydrogen) atoms. The molecular weight excluding hydrogens is 396 g/mol. The first-order chi connectivity index (χ1) is 13.5. The molecule has 2 aromatic carbocycles. The van der Waals surface area contributed by atoms with Gasteiger partial charge in [0.15, 0.2) is 11.4 Å². The van der Waals surface area contributed by atoms with Crippen LogP contribution in [0, 0.1) is 11.5 Å². The molecule has 3 rings (SSSR count). The minimum atomic E-state index is -3.81. The third-order valence-electron chi connectivity index (χ3n) is 3.62. The molecule has 0 bridgehead atoms. The zero-order chi connectivity index (χ0) is 20.0. The van der Waals surface area contributed by atoms with Crippen molar-refractivity contribution in [1.82, 2.24) is 15.1 Å². The standard InChI is InChI=1S/C18H16N6O2S2/c1-27-18(20-13-19)22-14-7-9-16(10-8-14)28(25,26)23-17-11-12-21-24(17)15-5-3-2-4-6-15/h2-12,23H,1H3,(H,20,22). The van der Waals surface area contributed by atoms with E-state index in [2.05, 4.69) is 20.1 Å². The number of anilines is 1. The first-order valence-corrected chi connectivity index (χ1v) is 10.7. The van der Waals surface area contributed by atoms with Crippen LogP contribution >= 0.6 is 11.8 Å². The van der Waals surface area contributed by atoms with Gasteiger partial charge in [0.2, 0.25) is 0 Å². The molecule has 0 aliphatic carbocycles. The molecule has 2 N–H and O–H groups in total. The Morgan fingerprint density at radius 2 is 1.86 bits per heavy atom. The number of amidine groups is 1. The lowest BCUT2D eigenvalue weighted by Gasteiger charge is -2.11. The molecule has 0 aliphatic heterocycles. The summed E-state index contributed by atoms with van der Waals surface area (Å²) in [6, 6.07) is 16.8. The molecule has 0 atom stereocenters. The summed E-state index contributed by atoms with van der Waals surface area (Å²) in [6.45, 7) is 0. The Morgan fingerprint density at radius 1 is 1.14 bits per heavy atom. The van der Waals surface area contributed by atoms with Crippen molar-refractivity contribution >= 4 is 38.5 Å². The van der Waals surface area contributed by atoms with E-state index in [9.17, 15) is 8.42 Å². The molecule has 1 aromatic heterocycles. The Labute approximate surface area is 167 Å². The molecule has 0 radical (unpaired) electrons. The fraction of sp³-hybridized carbons (Fsp3) is 0.0556. The Kier molecular flexibility index (Phi) is 5.98. The van der Waals surface area contributed by atoms with Crippen molar-refractivity contribution in [3.63, 3.8) is 0 Å². The highest BCUT2D eigenvalue weighted by Crippen LogP contribution is 2.22. The number of nitriles is 1. The quantitative estimate of drug-likeness (QED) is 0.288. The Balaban J connectivity index is 1.83. The number of thioether (sulfide) groups is 1. The summed E-state index contributed by atoms with van der Waals surface area (Å²) < 4.78 is 29.5. The predicted molar refractivity (Wildman–Crippen MR) is 110 cm³/mol. The number of hydrogen-bond donors (Lipinski definition) is 2. The van der Waals surface area contributed by atoms with Gasteiger partial charge in [-0.2, -0.15) is 10.4 Å². The molecule has 0 spiro atoms. The molecule has 10 heteroatoms. The van der Waals surface area contributed by atoms with Gasteiger partial charge in [-0.3, -0.25) is 10.0 Å². The summed E-state index contributed by atoms with van der Waals surface area (Å²) in [4.78, 5) is 4.33. The molecule has 3 aromatic rings. The van der Waals surface area contributed by atoms with Crippen LogP contribution in [0.5, 0.6) is 0 Å². The molecule has 0 amide bonds. The van der Waals surface area contributed by atoms with Gasteiger partial charge in [-0.1, -0.05) is 30.0 Å². The van der Waals surface area contributed by atoms with Crippen LogP contribution in [-0.4, -0.2) is 29.6 Å². The van der Waals surface area contributed by atoms with Crippen LogP contribution in [0.1, 0.15) is 0 Å². The molecule has 0 aliphatic rings. The summed E-state index contributed by atoms with van der Waals surface area (Å²) in [6.07, 6.45) is 5.10. The summed E-state index contributed by atoms with van der Waals surface area (Å²) in [5, 5.41) is 15.7. The SMILES string of the molecule is CSC(=Nc1ccc(S(=O)(=O)Nc2ccnn2-c2ccccc2)cc1)NC#N. The maximum absolute atomic E-state index is 12.7. The van der Waals surface area contributed by atoms with E-state index in [1.807, 2.05) is 30.3 Å². The molecule has 0 fully saturated rings. The van der Waals surface area contributed by atoms with Gasteiger partial charge >= 0.3 is 0 Å². The second-order valence-electron chi connectivity index (χ2n) is 5.42. The highest BCUT2D eigenvalue weighted by Gasteiger charge is 2.17. The van der Waals surface area contributed by atoms with Crippen LogP contribution in [0.4, 0.5) is 11.5 Å². The average Bonchev–Trinajstić information content (AvgIpc) is 3.16. The number of rotatable bonds is 5. The van der Waals surface area contributed by atoms with E-state index in [1.165, 1.54) is 34.8 Å². The monoisotopic (exact) mass is 412 g/mol. The van der Waals surface area contributed by atoms with Crippen molar-refractivity contribution < 1.29 is 8.42 Å². The van der Waals surface area contributed by atoms with Crippen LogP contribution in [0.15, 0.2) is 76.7 Å². The van der Waals surface area contributed by atoms with Crippen molar-refractivity contribution in [1.29, 1.82) is 5.26 Å². The molecule has 142 valence electrons. The van der Waals surface area contributed by atoms with Crippen LogP contribution in [0.3, 0.4) is 0 Å². The van der Waals surface area contributed by atoms with E-state index in [0.29, 0.717) is 16.7 Å². The van der Waals surface area contributed by atoms with Gasteiger partial charge in [0.25, 0.3) is 10.0 Å².